The van der Waals surface area contributed by atoms with Crippen molar-refractivity contribution in [2.24, 2.45) is 5.92 Å². The zero-order valence-electron chi connectivity index (χ0n) is 23.8. The Bertz CT molecular complexity index is 1410. The van der Waals surface area contributed by atoms with Crippen LogP contribution in [0.1, 0.15) is 66.7 Å². The number of carbonyl (C=O) groups is 1. The van der Waals surface area contributed by atoms with Crippen LogP contribution < -0.4 is 10.2 Å². The van der Waals surface area contributed by atoms with E-state index in [-0.39, 0.29) is 66.9 Å². The van der Waals surface area contributed by atoms with Crippen molar-refractivity contribution in [1.29, 1.82) is 5.26 Å². The standard InChI is InChI=1S/C28H33F5N4O5S2/c1-2-44(39,40)22-9-3-17(4-10-22)23(11-12-34)36-25(38)24-14-35-27(43-24)37-15-21(13-19(37)16-41-26(29)30)42-20-7-5-18(6-8-20)28(31,32)33/h3-4,9-10,14,18-21,23,26H,2,5-8,11,13,15-16H2,1H3,(H,36,38)/t18?,19-,20?,21-,23-/m0/s1. The molecule has 0 spiro atoms. The summed E-state index contributed by atoms with van der Waals surface area (Å²) in [6.07, 6.45) is -3.07. The number of carbonyl (C=O) groups excluding carboxylic acids is 1. The molecule has 2 aromatic rings. The van der Waals surface area contributed by atoms with Crippen molar-refractivity contribution in [3.05, 3.63) is 40.9 Å². The fraction of sp³-hybridized carbons (Fsp3) is 0.607. The normalized spacial score (nSPS) is 23.5. The average Bonchev–Trinajstić information content (AvgIpc) is 3.63. The van der Waals surface area contributed by atoms with Crippen LogP contribution in [0.15, 0.2) is 35.4 Å². The zero-order valence-corrected chi connectivity index (χ0v) is 25.4. The van der Waals surface area contributed by atoms with Gasteiger partial charge in [-0.2, -0.15) is 27.2 Å². The second-order valence-electron chi connectivity index (χ2n) is 10.8. The van der Waals surface area contributed by atoms with Crippen molar-refractivity contribution < 1.29 is 44.6 Å². The summed E-state index contributed by atoms with van der Waals surface area (Å²) in [5.41, 5.74) is 0.535. The SMILES string of the molecule is CCS(=O)(=O)c1ccc([C@H](CC#N)NC(=O)c2cnc(N3C[C@@H](OC4CCC(C(F)(F)F)CC4)C[C@H]3COC(F)F)s2)cc1. The van der Waals surface area contributed by atoms with Gasteiger partial charge in [-0.3, -0.25) is 4.79 Å². The lowest BCUT2D eigenvalue weighted by molar-refractivity contribution is -0.189. The monoisotopic (exact) mass is 664 g/mol. The zero-order chi connectivity index (χ0) is 32.1. The van der Waals surface area contributed by atoms with Gasteiger partial charge < -0.3 is 19.7 Å². The number of thiazole rings is 1. The number of nitrogens with one attached hydrogen (secondary N) is 1. The summed E-state index contributed by atoms with van der Waals surface area (Å²) in [6.45, 7) is -1.58. The van der Waals surface area contributed by atoms with Crippen LogP contribution >= 0.6 is 11.3 Å². The number of hydrogen-bond donors (Lipinski definition) is 1. The highest BCUT2D eigenvalue weighted by Crippen LogP contribution is 2.39. The topological polar surface area (TPSA) is 122 Å². The molecule has 1 aromatic heterocycles. The third kappa shape index (κ3) is 8.64. The molecule has 3 atom stereocenters. The number of nitriles is 1. The Morgan fingerprint density at radius 3 is 2.45 bits per heavy atom. The molecule has 4 rings (SSSR count). The molecule has 1 amide bonds. The minimum atomic E-state index is -4.24. The molecule has 2 heterocycles. The van der Waals surface area contributed by atoms with Crippen molar-refractivity contribution in [2.45, 2.75) is 87.4 Å². The number of amides is 1. The number of anilines is 1. The van der Waals surface area contributed by atoms with Crippen molar-refractivity contribution in [3.8, 4) is 6.07 Å². The van der Waals surface area contributed by atoms with Crippen LogP contribution in [-0.2, 0) is 19.3 Å². The van der Waals surface area contributed by atoms with Gasteiger partial charge >= 0.3 is 12.8 Å². The number of benzene rings is 1. The maximum atomic E-state index is 13.1. The maximum absolute atomic E-state index is 13.1. The van der Waals surface area contributed by atoms with Crippen LogP contribution in [-0.4, -0.2) is 69.3 Å². The lowest BCUT2D eigenvalue weighted by Gasteiger charge is -2.31. The molecule has 1 aromatic carbocycles. The summed E-state index contributed by atoms with van der Waals surface area (Å²) in [5.74, 6) is -1.95. The number of alkyl halides is 5. The quantitative estimate of drug-likeness (QED) is 0.289. The molecule has 1 saturated carbocycles. The number of hydrogen-bond acceptors (Lipinski definition) is 9. The summed E-state index contributed by atoms with van der Waals surface area (Å²) >= 11 is 1.01. The van der Waals surface area contributed by atoms with Gasteiger partial charge in [-0.25, -0.2) is 13.4 Å². The Morgan fingerprint density at radius 2 is 1.86 bits per heavy atom. The Hall–Kier alpha value is -2.87. The first kappa shape index (κ1) is 34.0. The fourth-order valence-corrected chi connectivity index (χ4v) is 7.28. The Kier molecular flexibility index (Phi) is 11.2. The summed E-state index contributed by atoms with van der Waals surface area (Å²) in [6, 6.07) is 6.63. The van der Waals surface area contributed by atoms with Gasteiger partial charge in [0, 0.05) is 6.54 Å². The van der Waals surface area contributed by atoms with E-state index in [2.05, 4.69) is 15.0 Å². The predicted molar refractivity (Wildman–Crippen MR) is 151 cm³/mol. The van der Waals surface area contributed by atoms with Crippen molar-refractivity contribution >= 4 is 32.2 Å². The van der Waals surface area contributed by atoms with Crippen LogP contribution in [0.3, 0.4) is 0 Å². The van der Waals surface area contributed by atoms with E-state index in [1.165, 1.54) is 37.4 Å². The molecule has 9 nitrogen and oxygen atoms in total. The molecule has 1 aliphatic carbocycles. The molecule has 1 aliphatic heterocycles. The summed E-state index contributed by atoms with van der Waals surface area (Å²) in [5, 5.41) is 12.4. The molecule has 0 unspecified atom stereocenters. The molecule has 44 heavy (non-hydrogen) atoms. The Balaban J connectivity index is 1.42. The van der Waals surface area contributed by atoms with Gasteiger partial charge in [-0.15, -0.1) is 0 Å². The average molecular weight is 665 g/mol. The van der Waals surface area contributed by atoms with Crippen LogP contribution in [0, 0.1) is 17.2 Å². The molecule has 2 aliphatic rings. The molecule has 16 heteroatoms. The van der Waals surface area contributed by atoms with Crippen molar-refractivity contribution in [1.82, 2.24) is 10.3 Å². The lowest BCUT2D eigenvalue weighted by Crippen LogP contribution is -2.34. The largest absolute Gasteiger partial charge is 0.391 e. The molecule has 1 saturated heterocycles. The van der Waals surface area contributed by atoms with Gasteiger partial charge in [0.25, 0.3) is 5.91 Å². The number of ether oxygens (including phenoxy) is 2. The third-order valence-corrected chi connectivity index (χ3v) is 10.7. The smallest absolute Gasteiger partial charge is 0.373 e. The highest BCUT2D eigenvalue weighted by atomic mass is 32.2. The lowest BCUT2D eigenvalue weighted by atomic mass is 9.87. The Labute approximate surface area is 256 Å². The van der Waals surface area contributed by atoms with Crippen LogP contribution in [0.5, 0.6) is 0 Å². The number of halogens is 5. The van der Waals surface area contributed by atoms with E-state index in [1.807, 2.05) is 6.07 Å². The second-order valence-corrected chi connectivity index (χ2v) is 14.1. The number of rotatable bonds is 12. The molecule has 0 bridgehead atoms. The van der Waals surface area contributed by atoms with E-state index >= 15 is 0 Å². The second kappa shape index (κ2) is 14.5. The van der Waals surface area contributed by atoms with Gasteiger partial charge in [-0.05, 0) is 49.8 Å². The molecular weight excluding hydrogens is 631 g/mol. The Morgan fingerprint density at radius 1 is 1.18 bits per heavy atom. The number of sulfone groups is 1. The van der Waals surface area contributed by atoms with E-state index in [0.29, 0.717) is 17.1 Å². The number of nitrogens with zero attached hydrogens (tertiary/aromatic N) is 3. The van der Waals surface area contributed by atoms with Gasteiger partial charge in [0.15, 0.2) is 15.0 Å². The first-order valence-corrected chi connectivity index (χ1v) is 16.6. The summed E-state index contributed by atoms with van der Waals surface area (Å²) in [4.78, 5) is 19.5. The van der Waals surface area contributed by atoms with E-state index in [4.69, 9.17) is 4.74 Å². The minimum absolute atomic E-state index is 0.0255. The highest BCUT2D eigenvalue weighted by Gasteiger charge is 2.43. The third-order valence-electron chi connectivity index (χ3n) is 7.90. The van der Waals surface area contributed by atoms with E-state index in [0.717, 1.165) is 11.3 Å². The predicted octanol–water partition coefficient (Wildman–Crippen LogP) is 5.65. The molecule has 0 radical (unpaired) electrons. The molecular formula is C28H33F5N4O5S2. The minimum Gasteiger partial charge on any atom is -0.373 e. The van der Waals surface area contributed by atoms with Gasteiger partial charge in [0.05, 0.1) is 66.2 Å². The highest BCUT2D eigenvalue weighted by molar-refractivity contribution is 7.91. The molecule has 2 fully saturated rings. The summed E-state index contributed by atoms with van der Waals surface area (Å²) < 4.78 is 99.8. The van der Waals surface area contributed by atoms with E-state index in [1.54, 1.807) is 4.90 Å². The van der Waals surface area contributed by atoms with Gasteiger partial charge in [-0.1, -0.05) is 30.4 Å². The fourth-order valence-electron chi connectivity index (χ4n) is 5.50. The van der Waals surface area contributed by atoms with E-state index in [9.17, 15) is 40.4 Å². The van der Waals surface area contributed by atoms with Crippen molar-refractivity contribution in [2.75, 3.05) is 23.8 Å². The first-order valence-electron chi connectivity index (χ1n) is 14.2. The maximum Gasteiger partial charge on any atom is 0.391 e. The summed E-state index contributed by atoms with van der Waals surface area (Å²) in [7, 11) is -3.42. The number of aromatic nitrogens is 1. The van der Waals surface area contributed by atoms with Crippen LogP contribution in [0.2, 0.25) is 0 Å². The van der Waals surface area contributed by atoms with Crippen LogP contribution in [0.4, 0.5) is 27.1 Å². The van der Waals surface area contributed by atoms with Gasteiger partial charge in [0.1, 0.15) is 4.88 Å². The first-order chi connectivity index (χ1) is 20.8. The molecule has 1 N–H and O–H groups in total. The molecule has 242 valence electrons. The van der Waals surface area contributed by atoms with Gasteiger partial charge in [0.2, 0.25) is 0 Å². The van der Waals surface area contributed by atoms with Crippen LogP contribution in [0.25, 0.3) is 0 Å². The van der Waals surface area contributed by atoms with Crippen molar-refractivity contribution in [3.63, 3.8) is 0 Å². The van der Waals surface area contributed by atoms with E-state index < -0.39 is 52.6 Å².